The lowest BCUT2D eigenvalue weighted by atomic mass is 10.2. The van der Waals surface area contributed by atoms with E-state index in [1.54, 1.807) is 13.2 Å². The fraction of sp³-hybridized carbons (Fsp3) is 0.143. The van der Waals surface area contributed by atoms with Crippen LogP contribution in [0.25, 0.3) is 0 Å². The second kappa shape index (κ2) is 5.53. The first-order valence-corrected chi connectivity index (χ1v) is 6.99. The van der Waals surface area contributed by atoms with Crippen LogP contribution in [-0.4, -0.2) is 19.0 Å². The minimum Gasteiger partial charge on any atom is -0.497 e. The van der Waals surface area contributed by atoms with E-state index in [0.717, 1.165) is 15.5 Å². The van der Waals surface area contributed by atoms with Gasteiger partial charge in [0, 0.05) is 4.90 Å². The number of benzene rings is 1. The molecule has 2 aromatic rings. The molecule has 2 N–H and O–H groups in total. The molecular formula is C14H12N2O4S. The zero-order valence-corrected chi connectivity index (χ0v) is 11.9. The molecule has 0 aliphatic carbocycles. The summed E-state index contributed by atoms with van der Waals surface area (Å²) in [5.74, 6) is 0.792. The van der Waals surface area contributed by atoms with Gasteiger partial charge in [-0.25, -0.2) is 4.79 Å². The summed E-state index contributed by atoms with van der Waals surface area (Å²) in [5, 5.41) is 4.71. The van der Waals surface area contributed by atoms with Crippen LogP contribution in [0.4, 0.5) is 4.79 Å². The Balaban J connectivity index is 1.82. The number of nitrogens with one attached hydrogen (secondary N) is 2. The van der Waals surface area contributed by atoms with Crippen molar-refractivity contribution in [2.45, 2.75) is 15.8 Å². The van der Waals surface area contributed by atoms with E-state index in [2.05, 4.69) is 10.6 Å². The predicted octanol–water partition coefficient (Wildman–Crippen LogP) is 2.32. The molecule has 0 radical (unpaired) electrons. The normalized spacial score (nSPS) is 17.5. The highest BCUT2D eigenvalue weighted by Crippen LogP contribution is 2.35. The number of hydrogen-bond acceptors (Lipinski definition) is 5. The molecule has 0 saturated carbocycles. The van der Waals surface area contributed by atoms with Crippen LogP contribution >= 0.6 is 11.8 Å². The van der Waals surface area contributed by atoms with Gasteiger partial charge < -0.3 is 14.5 Å². The molecule has 7 heteroatoms. The highest BCUT2D eigenvalue weighted by atomic mass is 32.2. The number of ether oxygens (including phenoxy) is 1. The van der Waals surface area contributed by atoms with Gasteiger partial charge >= 0.3 is 6.03 Å². The van der Waals surface area contributed by atoms with Gasteiger partial charge in [0.05, 0.1) is 18.3 Å². The molecule has 3 amide bonds. The van der Waals surface area contributed by atoms with E-state index in [0.29, 0.717) is 5.76 Å². The molecule has 108 valence electrons. The van der Waals surface area contributed by atoms with Crippen LogP contribution in [0.1, 0.15) is 11.8 Å². The van der Waals surface area contributed by atoms with Crippen molar-refractivity contribution >= 4 is 23.7 Å². The number of imide groups is 1. The molecule has 0 bridgehead atoms. The highest BCUT2D eigenvalue weighted by Gasteiger charge is 2.35. The number of amides is 3. The van der Waals surface area contributed by atoms with Crippen molar-refractivity contribution in [3.8, 4) is 5.75 Å². The number of rotatable bonds is 4. The maximum atomic E-state index is 11.7. The van der Waals surface area contributed by atoms with Crippen molar-refractivity contribution in [1.29, 1.82) is 0 Å². The molecule has 6 nitrogen and oxygen atoms in total. The first-order chi connectivity index (χ1) is 10.2. The van der Waals surface area contributed by atoms with E-state index in [9.17, 15) is 9.59 Å². The maximum absolute atomic E-state index is 11.7. The fourth-order valence-corrected chi connectivity index (χ4v) is 2.89. The van der Waals surface area contributed by atoms with E-state index in [4.69, 9.17) is 9.15 Å². The van der Waals surface area contributed by atoms with Gasteiger partial charge in [-0.15, -0.1) is 0 Å². The lowest BCUT2D eigenvalue weighted by Crippen LogP contribution is -2.22. The van der Waals surface area contributed by atoms with Gasteiger partial charge in [0.1, 0.15) is 11.5 Å². The topological polar surface area (TPSA) is 80.6 Å². The summed E-state index contributed by atoms with van der Waals surface area (Å²) in [6.07, 6.45) is 1.50. The number of furan rings is 1. The largest absolute Gasteiger partial charge is 0.497 e. The lowest BCUT2D eigenvalue weighted by molar-refractivity contribution is -0.120. The van der Waals surface area contributed by atoms with Gasteiger partial charge in [-0.05, 0) is 30.3 Å². The van der Waals surface area contributed by atoms with Crippen molar-refractivity contribution in [3.63, 3.8) is 0 Å². The van der Waals surface area contributed by atoms with Crippen LogP contribution in [0.2, 0.25) is 0 Å². The third-order valence-corrected chi connectivity index (χ3v) is 4.05. The molecule has 0 spiro atoms. The molecule has 2 heterocycles. The second-order valence-corrected chi connectivity index (χ2v) is 5.44. The molecule has 1 aromatic carbocycles. The first-order valence-electron chi connectivity index (χ1n) is 6.18. The average molecular weight is 304 g/mol. The number of methoxy groups -OCH3 is 1. The number of carbonyl (C=O) groups is 2. The molecule has 1 atom stereocenters. The minimum absolute atomic E-state index is 0.411. The Labute approximate surface area is 124 Å². The summed E-state index contributed by atoms with van der Waals surface area (Å²) in [6, 6.07) is 8.00. The highest BCUT2D eigenvalue weighted by molar-refractivity contribution is 7.99. The standard InChI is InChI=1S/C14H12N2O4S/c1-19-8-2-4-9(5-3-8)21-10-6-7-20-12(10)11-13(17)16-14(18)15-11/h2-7,11H,1H3,(H2,15,16,17,18). The van der Waals surface area contributed by atoms with Crippen LogP contribution in [0.15, 0.2) is 50.8 Å². The summed E-state index contributed by atoms with van der Waals surface area (Å²) in [5.41, 5.74) is 0. The molecule has 1 aliphatic heterocycles. The monoisotopic (exact) mass is 304 g/mol. The third-order valence-electron chi connectivity index (χ3n) is 2.98. The second-order valence-electron chi connectivity index (χ2n) is 4.32. The van der Waals surface area contributed by atoms with E-state index in [1.807, 2.05) is 24.3 Å². The van der Waals surface area contributed by atoms with Crippen molar-refractivity contribution < 1.29 is 18.7 Å². The van der Waals surface area contributed by atoms with Crippen molar-refractivity contribution in [3.05, 3.63) is 42.4 Å². The van der Waals surface area contributed by atoms with Gasteiger partial charge in [0.15, 0.2) is 6.04 Å². The summed E-state index contributed by atoms with van der Waals surface area (Å²) in [7, 11) is 1.61. The Kier molecular flexibility index (Phi) is 3.57. The van der Waals surface area contributed by atoms with Crippen molar-refractivity contribution in [2.75, 3.05) is 7.11 Å². The third kappa shape index (κ3) is 2.73. The first kappa shape index (κ1) is 13.6. The van der Waals surface area contributed by atoms with Gasteiger partial charge in [-0.1, -0.05) is 11.8 Å². The molecule has 1 aliphatic rings. The molecule has 1 fully saturated rings. The molecule has 1 saturated heterocycles. The summed E-state index contributed by atoms with van der Waals surface area (Å²) in [4.78, 5) is 24.6. The Morgan fingerprint density at radius 2 is 1.95 bits per heavy atom. The van der Waals surface area contributed by atoms with Gasteiger partial charge in [0.2, 0.25) is 0 Å². The zero-order valence-electron chi connectivity index (χ0n) is 11.1. The minimum atomic E-state index is -0.784. The summed E-state index contributed by atoms with van der Waals surface area (Å²) < 4.78 is 10.5. The van der Waals surface area contributed by atoms with Crippen LogP contribution < -0.4 is 15.4 Å². The van der Waals surface area contributed by atoms with Crippen LogP contribution in [0, 0.1) is 0 Å². The van der Waals surface area contributed by atoms with Crippen molar-refractivity contribution in [1.82, 2.24) is 10.6 Å². The summed E-state index contributed by atoms with van der Waals surface area (Å²) in [6.45, 7) is 0. The lowest BCUT2D eigenvalue weighted by Gasteiger charge is -2.07. The number of urea groups is 1. The molecule has 1 aromatic heterocycles. The molecule has 3 rings (SSSR count). The van der Waals surface area contributed by atoms with Gasteiger partial charge in [-0.3, -0.25) is 10.1 Å². The average Bonchev–Trinajstić information content (AvgIpc) is 3.05. The number of carbonyl (C=O) groups excluding carboxylic acids is 2. The Morgan fingerprint density at radius 3 is 2.57 bits per heavy atom. The Bertz CT molecular complexity index is 681. The van der Waals surface area contributed by atoms with Crippen LogP contribution in [0.3, 0.4) is 0 Å². The van der Waals surface area contributed by atoms with Crippen molar-refractivity contribution in [2.24, 2.45) is 0 Å². The zero-order chi connectivity index (χ0) is 14.8. The Morgan fingerprint density at radius 1 is 1.19 bits per heavy atom. The predicted molar refractivity (Wildman–Crippen MR) is 75.2 cm³/mol. The van der Waals surface area contributed by atoms with E-state index < -0.39 is 18.0 Å². The van der Waals surface area contributed by atoms with Gasteiger partial charge in [0.25, 0.3) is 5.91 Å². The molecule has 21 heavy (non-hydrogen) atoms. The quantitative estimate of drug-likeness (QED) is 0.847. The smallest absolute Gasteiger partial charge is 0.322 e. The molecular weight excluding hydrogens is 292 g/mol. The Hall–Kier alpha value is -2.41. The van der Waals surface area contributed by atoms with E-state index in [1.165, 1.54) is 18.0 Å². The maximum Gasteiger partial charge on any atom is 0.322 e. The van der Waals surface area contributed by atoms with E-state index >= 15 is 0 Å². The molecule has 1 unspecified atom stereocenters. The van der Waals surface area contributed by atoms with Gasteiger partial charge in [-0.2, -0.15) is 0 Å². The SMILES string of the molecule is COc1ccc(Sc2ccoc2C2NC(=O)NC2=O)cc1. The van der Waals surface area contributed by atoms with Crippen LogP contribution in [0.5, 0.6) is 5.75 Å². The fourth-order valence-electron chi connectivity index (χ4n) is 1.98. The van der Waals surface area contributed by atoms with E-state index in [-0.39, 0.29) is 0 Å². The van der Waals surface area contributed by atoms with Crippen LogP contribution in [-0.2, 0) is 4.79 Å². The number of hydrogen-bond donors (Lipinski definition) is 2. The summed E-state index contributed by atoms with van der Waals surface area (Å²) >= 11 is 1.45.